The average Bonchev–Trinajstić information content (AvgIpc) is 3.30. The molecule has 0 radical (unpaired) electrons. The van der Waals surface area contributed by atoms with Crippen molar-refractivity contribution in [1.82, 2.24) is 19.9 Å². The molecule has 4 rings (SSSR count). The number of amides is 1. The molecule has 0 saturated carbocycles. The summed E-state index contributed by atoms with van der Waals surface area (Å²) in [5, 5.41) is 8.28. The fourth-order valence-corrected chi connectivity index (χ4v) is 3.46. The number of hydrogen-bond acceptors (Lipinski definition) is 4. The van der Waals surface area contributed by atoms with E-state index in [1.165, 1.54) is 10.9 Å². The van der Waals surface area contributed by atoms with E-state index in [1.54, 1.807) is 0 Å². The maximum absolute atomic E-state index is 12.5. The predicted molar refractivity (Wildman–Crippen MR) is 99.7 cm³/mol. The van der Waals surface area contributed by atoms with Gasteiger partial charge in [0.15, 0.2) is 0 Å². The van der Waals surface area contributed by atoms with Crippen molar-refractivity contribution < 1.29 is 4.79 Å². The fraction of sp³-hybridized carbons (Fsp3) is 0.105. The van der Waals surface area contributed by atoms with Gasteiger partial charge in [0.05, 0.1) is 0 Å². The smallest absolute Gasteiger partial charge is 0.265 e. The molecule has 2 heterocycles. The number of fused-ring (bicyclic) bond motifs is 1. The Balaban J connectivity index is 1.44. The highest BCUT2D eigenvalue weighted by atomic mass is 32.1. The molecule has 0 aliphatic rings. The third-order valence-corrected chi connectivity index (χ3v) is 4.82. The van der Waals surface area contributed by atoms with Gasteiger partial charge in [0.1, 0.15) is 10.6 Å². The van der Waals surface area contributed by atoms with Gasteiger partial charge in [-0.1, -0.05) is 53.0 Å². The largest absolute Gasteiger partial charge is 0.361 e. The highest BCUT2D eigenvalue weighted by Crippen LogP contribution is 2.23. The van der Waals surface area contributed by atoms with Gasteiger partial charge in [0.25, 0.3) is 5.91 Å². The van der Waals surface area contributed by atoms with Crippen LogP contribution in [0.5, 0.6) is 0 Å². The highest BCUT2D eigenvalue weighted by Gasteiger charge is 2.17. The molecular formula is C19H16N4OS. The van der Waals surface area contributed by atoms with Gasteiger partial charge in [0.2, 0.25) is 0 Å². The van der Waals surface area contributed by atoms with E-state index in [1.807, 2.05) is 54.7 Å². The number of nitrogens with one attached hydrogen (secondary N) is 2. The minimum Gasteiger partial charge on any atom is -0.361 e. The molecule has 0 spiro atoms. The van der Waals surface area contributed by atoms with Crippen molar-refractivity contribution in [3.63, 3.8) is 0 Å². The van der Waals surface area contributed by atoms with Gasteiger partial charge in [-0.2, -0.15) is 0 Å². The van der Waals surface area contributed by atoms with Gasteiger partial charge in [0, 0.05) is 29.2 Å². The van der Waals surface area contributed by atoms with E-state index in [0.29, 0.717) is 17.1 Å². The van der Waals surface area contributed by atoms with Crippen molar-refractivity contribution in [2.75, 3.05) is 6.54 Å². The molecule has 2 aromatic carbocycles. The Kier molecular flexibility index (Phi) is 4.26. The second kappa shape index (κ2) is 6.86. The lowest BCUT2D eigenvalue weighted by molar-refractivity contribution is 0.0958. The number of H-pyrrole nitrogens is 1. The first-order valence-corrected chi connectivity index (χ1v) is 8.81. The lowest BCUT2D eigenvalue weighted by atomic mass is 10.1. The summed E-state index contributed by atoms with van der Waals surface area (Å²) in [5.74, 6) is -0.131. The van der Waals surface area contributed by atoms with Gasteiger partial charge in [-0.05, 0) is 29.6 Å². The Morgan fingerprint density at radius 2 is 1.88 bits per heavy atom. The highest BCUT2D eigenvalue weighted by molar-refractivity contribution is 7.08. The van der Waals surface area contributed by atoms with Gasteiger partial charge >= 0.3 is 0 Å². The van der Waals surface area contributed by atoms with Crippen LogP contribution in [0, 0.1) is 0 Å². The van der Waals surface area contributed by atoms with Crippen molar-refractivity contribution in [3.05, 3.63) is 71.2 Å². The molecule has 4 aromatic rings. The van der Waals surface area contributed by atoms with Gasteiger partial charge < -0.3 is 10.3 Å². The Hall–Kier alpha value is -2.99. The molecule has 0 saturated heterocycles. The quantitative estimate of drug-likeness (QED) is 0.578. The topological polar surface area (TPSA) is 70.7 Å². The lowest BCUT2D eigenvalue weighted by Crippen LogP contribution is -2.25. The van der Waals surface area contributed by atoms with Crippen LogP contribution < -0.4 is 5.32 Å². The molecule has 0 bridgehead atoms. The number of hydrogen-bond donors (Lipinski definition) is 2. The summed E-state index contributed by atoms with van der Waals surface area (Å²) in [6, 6.07) is 17.8. The van der Waals surface area contributed by atoms with Crippen LogP contribution in [0.15, 0.2) is 60.8 Å². The van der Waals surface area contributed by atoms with Gasteiger partial charge in [-0.25, -0.2) is 0 Å². The second-order valence-corrected chi connectivity index (χ2v) is 6.44. The fourth-order valence-electron chi connectivity index (χ4n) is 2.85. The van der Waals surface area contributed by atoms with E-state index in [9.17, 15) is 4.79 Å². The third kappa shape index (κ3) is 3.16. The van der Waals surface area contributed by atoms with Crippen LogP contribution >= 0.6 is 11.5 Å². The molecule has 0 unspecified atom stereocenters. The molecule has 25 heavy (non-hydrogen) atoms. The van der Waals surface area contributed by atoms with Crippen LogP contribution in [0.1, 0.15) is 15.2 Å². The zero-order valence-corrected chi connectivity index (χ0v) is 14.2. The molecule has 0 fully saturated rings. The van der Waals surface area contributed by atoms with E-state index in [-0.39, 0.29) is 5.91 Å². The molecule has 2 N–H and O–H groups in total. The van der Waals surface area contributed by atoms with E-state index in [4.69, 9.17) is 0 Å². The van der Waals surface area contributed by atoms with Crippen molar-refractivity contribution in [2.45, 2.75) is 6.42 Å². The maximum Gasteiger partial charge on any atom is 0.265 e. The summed E-state index contributed by atoms with van der Waals surface area (Å²) in [5.41, 5.74) is 3.84. The summed E-state index contributed by atoms with van der Waals surface area (Å²) in [7, 11) is 0. The number of aromatic nitrogens is 3. The standard InChI is InChI=1S/C19H16N4OS/c24-19(18-17(22-23-25-18)13-6-2-1-3-7-13)20-11-10-14-12-21-16-9-5-4-8-15(14)16/h1-9,12,21H,10-11H2,(H,20,24). The van der Waals surface area contributed by atoms with E-state index in [2.05, 4.69) is 26.0 Å². The molecule has 1 amide bonds. The zero-order valence-electron chi connectivity index (χ0n) is 13.4. The van der Waals surface area contributed by atoms with E-state index < -0.39 is 0 Å². The third-order valence-electron chi connectivity index (χ3n) is 4.10. The zero-order chi connectivity index (χ0) is 17.1. The van der Waals surface area contributed by atoms with Crippen LogP contribution in [-0.4, -0.2) is 27.0 Å². The van der Waals surface area contributed by atoms with Crippen molar-refractivity contribution >= 4 is 28.3 Å². The Labute approximate surface area is 148 Å². The molecule has 0 atom stereocenters. The Bertz CT molecular complexity index is 1010. The van der Waals surface area contributed by atoms with E-state index >= 15 is 0 Å². The molecule has 124 valence electrons. The van der Waals surface area contributed by atoms with Crippen molar-refractivity contribution in [1.29, 1.82) is 0 Å². The number of carbonyl (C=O) groups is 1. The number of rotatable bonds is 5. The minimum absolute atomic E-state index is 0.131. The molecule has 2 aromatic heterocycles. The Morgan fingerprint density at radius 3 is 2.76 bits per heavy atom. The SMILES string of the molecule is O=C(NCCc1c[nH]c2ccccc12)c1snnc1-c1ccccc1. The summed E-state index contributed by atoms with van der Waals surface area (Å²) in [4.78, 5) is 16.3. The van der Waals surface area contributed by atoms with Crippen LogP contribution in [0.4, 0.5) is 0 Å². The predicted octanol–water partition coefficient (Wildman–Crippen LogP) is 3.66. The van der Waals surface area contributed by atoms with Crippen molar-refractivity contribution in [3.8, 4) is 11.3 Å². The van der Waals surface area contributed by atoms with E-state index in [0.717, 1.165) is 29.0 Å². The number of benzene rings is 2. The number of carbonyl (C=O) groups excluding carboxylic acids is 1. The first-order valence-electron chi connectivity index (χ1n) is 8.04. The number of nitrogens with zero attached hydrogens (tertiary/aromatic N) is 2. The summed E-state index contributed by atoms with van der Waals surface area (Å²) in [6.07, 6.45) is 2.77. The van der Waals surface area contributed by atoms with Crippen LogP contribution in [-0.2, 0) is 6.42 Å². The number of aromatic amines is 1. The van der Waals surface area contributed by atoms with Crippen LogP contribution in [0.25, 0.3) is 22.2 Å². The second-order valence-electron chi connectivity index (χ2n) is 5.68. The summed E-state index contributed by atoms with van der Waals surface area (Å²) >= 11 is 1.12. The molecule has 0 aliphatic heterocycles. The van der Waals surface area contributed by atoms with Gasteiger partial charge in [-0.3, -0.25) is 4.79 Å². The molecule has 6 heteroatoms. The molecular weight excluding hydrogens is 332 g/mol. The van der Waals surface area contributed by atoms with Gasteiger partial charge in [-0.15, -0.1) is 5.10 Å². The summed E-state index contributed by atoms with van der Waals surface area (Å²) < 4.78 is 3.94. The monoisotopic (exact) mass is 348 g/mol. The first kappa shape index (κ1) is 15.5. The normalized spacial score (nSPS) is 10.9. The maximum atomic E-state index is 12.5. The molecule has 5 nitrogen and oxygen atoms in total. The summed E-state index contributed by atoms with van der Waals surface area (Å²) in [6.45, 7) is 0.562. The van der Waals surface area contributed by atoms with Crippen LogP contribution in [0.3, 0.4) is 0 Å². The molecule has 0 aliphatic carbocycles. The first-order chi connectivity index (χ1) is 12.3. The number of para-hydroxylation sites is 1. The van der Waals surface area contributed by atoms with Crippen LogP contribution in [0.2, 0.25) is 0 Å². The minimum atomic E-state index is -0.131. The lowest BCUT2D eigenvalue weighted by Gasteiger charge is -2.04. The Morgan fingerprint density at radius 1 is 1.08 bits per heavy atom. The average molecular weight is 348 g/mol. The van der Waals surface area contributed by atoms with Crippen molar-refractivity contribution in [2.24, 2.45) is 0 Å².